The van der Waals surface area contributed by atoms with E-state index in [1.165, 1.54) is 30.5 Å². The molecule has 0 radical (unpaired) electrons. The number of sulfonamides is 1. The lowest BCUT2D eigenvalue weighted by Gasteiger charge is -2.08. The lowest BCUT2D eigenvalue weighted by atomic mass is 10.1. The minimum Gasteiger partial charge on any atom is -0.435 e. The number of ether oxygens (including phenoxy) is 1. The van der Waals surface area contributed by atoms with E-state index >= 15 is 0 Å². The van der Waals surface area contributed by atoms with E-state index in [0.29, 0.717) is 18.8 Å². The number of primary sulfonamides is 1. The van der Waals surface area contributed by atoms with Crippen molar-refractivity contribution >= 4 is 15.8 Å². The molecular formula is C14H15F2N3O3S. The Hall–Kier alpha value is -2.26. The fourth-order valence-corrected chi connectivity index (χ4v) is 2.28. The van der Waals surface area contributed by atoms with Crippen LogP contribution in [0.2, 0.25) is 0 Å². The van der Waals surface area contributed by atoms with Crippen molar-refractivity contribution in [2.24, 2.45) is 5.14 Å². The van der Waals surface area contributed by atoms with Gasteiger partial charge >= 0.3 is 6.61 Å². The van der Waals surface area contributed by atoms with Gasteiger partial charge in [-0.1, -0.05) is 12.1 Å². The monoisotopic (exact) mass is 343 g/mol. The highest BCUT2D eigenvalue weighted by Crippen LogP contribution is 2.15. The molecule has 0 bridgehead atoms. The van der Waals surface area contributed by atoms with Crippen LogP contribution < -0.4 is 15.2 Å². The van der Waals surface area contributed by atoms with Gasteiger partial charge in [-0.3, -0.25) is 0 Å². The maximum Gasteiger partial charge on any atom is 0.387 e. The van der Waals surface area contributed by atoms with Crippen molar-refractivity contribution in [2.75, 3.05) is 11.9 Å². The molecule has 0 atom stereocenters. The summed E-state index contributed by atoms with van der Waals surface area (Å²) in [4.78, 5) is 3.89. The first-order valence-corrected chi connectivity index (χ1v) is 8.16. The molecule has 0 aliphatic heterocycles. The first kappa shape index (κ1) is 17.1. The first-order chi connectivity index (χ1) is 10.8. The third kappa shape index (κ3) is 5.46. The van der Waals surface area contributed by atoms with Gasteiger partial charge in [0.05, 0.1) is 0 Å². The molecule has 23 heavy (non-hydrogen) atoms. The molecule has 2 rings (SSSR count). The zero-order valence-electron chi connectivity index (χ0n) is 11.9. The van der Waals surface area contributed by atoms with Gasteiger partial charge in [0.1, 0.15) is 16.5 Å². The quantitative estimate of drug-likeness (QED) is 0.802. The smallest absolute Gasteiger partial charge is 0.387 e. The van der Waals surface area contributed by atoms with E-state index in [2.05, 4.69) is 15.0 Å². The normalized spacial score (nSPS) is 11.5. The Kier molecular flexibility index (Phi) is 5.45. The van der Waals surface area contributed by atoms with Crippen molar-refractivity contribution in [2.45, 2.75) is 17.9 Å². The molecule has 0 fully saturated rings. The molecule has 0 aliphatic rings. The van der Waals surface area contributed by atoms with E-state index in [9.17, 15) is 17.2 Å². The topological polar surface area (TPSA) is 94.3 Å². The van der Waals surface area contributed by atoms with Crippen LogP contribution in [0, 0.1) is 0 Å². The molecule has 9 heteroatoms. The van der Waals surface area contributed by atoms with Gasteiger partial charge in [-0.2, -0.15) is 8.78 Å². The van der Waals surface area contributed by atoms with Crippen LogP contribution in [0.3, 0.4) is 0 Å². The molecule has 0 unspecified atom stereocenters. The number of benzene rings is 1. The Bertz CT molecular complexity index is 735. The van der Waals surface area contributed by atoms with Crippen molar-refractivity contribution in [3.63, 3.8) is 0 Å². The lowest BCUT2D eigenvalue weighted by molar-refractivity contribution is -0.0498. The van der Waals surface area contributed by atoms with Crippen molar-refractivity contribution in [3.05, 3.63) is 48.2 Å². The van der Waals surface area contributed by atoms with Crippen LogP contribution in [0.4, 0.5) is 14.6 Å². The highest BCUT2D eigenvalue weighted by Gasteiger charge is 2.07. The number of anilines is 1. The molecule has 0 spiro atoms. The molecule has 6 nitrogen and oxygen atoms in total. The van der Waals surface area contributed by atoms with Crippen molar-refractivity contribution < 1.29 is 21.9 Å². The number of hydrogen-bond acceptors (Lipinski definition) is 5. The van der Waals surface area contributed by atoms with Crippen LogP contribution in [-0.2, 0) is 16.4 Å². The second-order valence-corrected chi connectivity index (χ2v) is 6.18. The Morgan fingerprint density at radius 3 is 2.39 bits per heavy atom. The van der Waals surface area contributed by atoms with Crippen LogP contribution in [0.25, 0.3) is 0 Å². The molecule has 0 aliphatic carbocycles. The van der Waals surface area contributed by atoms with Gasteiger partial charge in [-0.15, -0.1) is 0 Å². The molecule has 0 saturated heterocycles. The SMILES string of the molecule is NS(=O)(=O)c1ccc(NCCc2ccc(OC(F)F)cc2)nc1. The van der Waals surface area contributed by atoms with Gasteiger partial charge in [-0.05, 0) is 36.2 Å². The van der Waals surface area contributed by atoms with Gasteiger partial charge in [-0.25, -0.2) is 18.5 Å². The average Bonchev–Trinajstić information content (AvgIpc) is 2.48. The van der Waals surface area contributed by atoms with Crippen molar-refractivity contribution in [3.8, 4) is 5.75 Å². The van der Waals surface area contributed by atoms with Crippen LogP contribution >= 0.6 is 0 Å². The molecule has 2 aromatic rings. The maximum atomic E-state index is 12.0. The van der Waals surface area contributed by atoms with Gasteiger partial charge < -0.3 is 10.1 Å². The summed E-state index contributed by atoms with van der Waals surface area (Å²) in [5.74, 6) is 0.618. The number of alkyl halides is 2. The fraction of sp³-hybridized carbons (Fsp3) is 0.214. The summed E-state index contributed by atoms with van der Waals surface area (Å²) in [6.45, 7) is -2.30. The van der Waals surface area contributed by atoms with E-state index in [0.717, 1.165) is 5.56 Å². The third-order valence-corrected chi connectivity index (χ3v) is 3.83. The molecule has 1 heterocycles. The summed E-state index contributed by atoms with van der Waals surface area (Å²) in [5, 5.41) is 8.00. The molecule has 1 aromatic carbocycles. The largest absolute Gasteiger partial charge is 0.435 e. The standard InChI is InChI=1S/C14H15F2N3O3S/c15-14(16)22-11-3-1-10(2-4-11)7-8-18-13-6-5-12(9-19-13)23(17,20)21/h1-6,9,14H,7-8H2,(H,18,19)(H2,17,20,21). The number of rotatable bonds is 7. The molecule has 0 saturated carbocycles. The van der Waals surface area contributed by atoms with E-state index in [-0.39, 0.29) is 10.6 Å². The van der Waals surface area contributed by atoms with Gasteiger partial charge in [0.2, 0.25) is 10.0 Å². The zero-order chi connectivity index (χ0) is 16.9. The van der Waals surface area contributed by atoms with E-state index in [1.807, 2.05) is 0 Å². The Morgan fingerprint density at radius 1 is 1.17 bits per heavy atom. The van der Waals surface area contributed by atoms with Gasteiger partial charge in [0, 0.05) is 12.7 Å². The zero-order valence-corrected chi connectivity index (χ0v) is 12.8. The summed E-state index contributed by atoms with van der Waals surface area (Å²) in [6, 6.07) is 9.20. The van der Waals surface area contributed by atoms with Crippen LogP contribution in [-0.4, -0.2) is 26.6 Å². The summed E-state index contributed by atoms with van der Waals surface area (Å²) in [7, 11) is -3.75. The number of nitrogens with zero attached hydrogens (tertiary/aromatic N) is 1. The second kappa shape index (κ2) is 7.34. The molecule has 0 amide bonds. The minimum absolute atomic E-state index is 0.0577. The van der Waals surface area contributed by atoms with Crippen LogP contribution in [0.1, 0.15) is 5.56 Å². The predicted octanol–water partition coefficient (Wildman–Crippen LogP) is 1.99. The second-order valence-electron chi connectivity index (χ2n) is 4.62. The number of halogens is 2. The molecule has 1 aromatic heterocycles. The number of pyridine rings is 1. The number of nitrogens with two attached hydrogens (primary N) is 1. The third-order valence-electron chi connectivity index (χ3n) is 2.93. The number of hydrogen-bond donors (Lipinski definition) is 2. The maximum absolute atomic E-state index is 12.0. The fourth-order valence-electron chi connectivity index (χ4n) is 1.83. The summed E-state index contributed by atoms with van der Waals surface area (Å²) >= 11 is 0. The molecule has 124 valence electrons. The Labute approximate surface area is 132 Å². The summed E-state index contributed by atoms with van der Waals surface area (Å²) in [5.41, 5.74) is 0.931. The molecule has 3 N–H and O–H groups in total. The van der Waals surface area contributed by atoms with Gasteiger partial charge in [0.25, 0.3) is 0 Å². The van der Waals surface area contributed by atoms with Crippen LogP contribution in [0.5, 0.6) is 5.75 Å². The highest BCUT2D eigenvalue weighted by molar-refractivity contribution is 7.89. The number of aromatic nitrogens is 1. The van der Waals surface area contributed by atoms with Crippen molar-refractivity contribution in [1.82, 2.24) is 4.98 Å². The Morgan fingerprint density at radius 2 is 1.87 bits per heavy atom. The summed E-state index contributed by atoms with van der Waals surface area (Å²) < 4.78 is 50.5. The van der Waals surface area contributed by atoms with Crippen LogP contribution in [0.15, 0.2) is 47.5 Å². The van der Waals surface area contributed by atoms with E-state index in [1.54, 1.807) is 12.1 Å². The Balaban J connectivity index is 1.85. The minimum atomic E-state index is -3.75. The molecular weight excluding hydrogens is 328 g/mol. The van der Waals surface area contributed by atoms with Gasteiger partial charge in [0.15, 0.2) is 0 Å². The predicted molar refractivity (Wildman–Crippen MR) is 80.9 cm³/mol. The van der Waals surface area contributed by atoms with E-state index in [4.69, 9.17) is 5.14 Å². The van der Waals surface area contributed by atoms with E-state index < -0.39 is 16.6 Å². The highest BCUT2D eigenvalue weighted by atomic mass is 32.2. The van der Waals surface area contributed by atoms with Crippen molar-refractivity contribution in [1.29, 1.82) is 0 Å². The lowest BCUT2D eigenvalue weighted by Crippen LogP contribution is -2.13. The first-order valence-electron chi connectivity index (χ1n) is 6.61. The number of nitrogens with one attached hydrogen (secondary N) is 1. The summed E-state index contributed by atoms with van der Waals surface area (Å²) in [6.07, 6.45) is 1.81. The average molecular weight is 343 g/mol.